The fourth-order valence-electron chi connectivity index (χ4n) is 7.20. The van der Waals surface area contributed by atoms with Crippen molar-refractivity contribution in [3.05, 3.63) is 30.1 Å². The molecule has 1 atom stereocenters. The van der Waals surface area contributed by atoms with E-state index < -0.39 is 0 Å². The minimum absolute atomic E-state index is 0.155. The zero-order valence-electron chi connectivity index (χ0n) is 19.8. The van der Waals surface area contributed by atoms with E-state index in [-0.39, 0.29) is 6.03 Å². The number of aromatic nitrogens is 1. The van der Waals surface area contributed by atoms with Crippen LogP contribution in [0.15, 0.2) is 24.5 Å². The number of rotatable bonds is 11. The van der Waals surface area contributed by atoms with E-state index in [2.05, 4.69) is 41.2 Å². The first kappa shape index (κ1) is 22.6. The second kappa shape index (κ2) is 10.4. The third-order valence-corrected chi connectivity index (χ3v) is 8.33. The van der Waals surface area contributed by atoms with E-state index in [0.717, 1.165) is 50.2 Å². The Morgan fingerprint density at radius 3 is 2.35 bits per heavy atom. The van der Waals surface area contributed by atoms with Gasteiger partial charge >= 0.3 is 6.03 Å². The number of carbonyl (C=O) groups is 1. The van der Waals surface area contributed by atoms with Crippen LogP contribution < -0.4 is 5.32 Å². The summed E-state index contributed by atoms with van der Waals surface area (Å²) in [6.45, 7) is 7.05. The van der Waals surface area contributed by atoms with Crippen molar-refractivity contribution in [2.45, 2.75) is 84.5 Å². The molecule has 0 radical (unpaired) electrons. The van der Waals surface area contributed by atoms with Crippen LogP contribution in [0.25, 0.3) is 0 Å². The second-order valence-corrected chi connectivity index (χ2v) is 11.2. The highest BCUT2D eigenvalue weighted by Gasteiger charge is 2.50. The van der Waals surface area contributed by atoms with E-state index in [1.807, 2.05) is 12.4 Å². The van der Waals surface area contributed by atoms with Crippen molar-refractivity contribution in [3.63, 3.8) is 0 Å². The molecule has 4 aliphatic rings. The van der Waals surface area contributed by atoms with Crippen LogP contribution in [0.5, 0.6) is 0 Å². The standard InChI is InChI=1S/C27H43N3O/c1-3-4-5-11-30(26(31)29-20-21(2)13-22-6-9-28-10-7-22)12-8-27-17-23-14-24(18-27)16-25(15-23)19-27/h6-7,9-10,21,23-25H,3-5,8,11-20H2,1-2H3,(H,29,31)/t21-,23?,24?,25?,27?/m1/s1. The van der Waals surface area contributed by atoms with Gasteiger partial charge in [0, 0.05) is 32.0 Å². The van der Waals surface area contributed by atoms with E-state index in [1.165, 1.54) is 63.4 Å². The molecule has 0 aliphatic heterocycles. The van der Waals surface area contributed by atoms with Gasteiger partial charge in [-0.2, -0.15) is 0 Å². The smallest absolute Gasteiger partial charge is 0.317 e. The summed E-state index contributed by atoms with van der Waals surface area (Å²) in [6, 6.07) is 4.30. The molecule has 31 heavy (non-hydrogen) atoms. The number of nitrogens with zero attached hydrogens (tertiary/aromatic N) is 2. The Morgan fingerprint density at radius 1 is 1.10 bits per heavy atom. The highest BCUT2D eigenvalue weighted by molar-refractivity contribution is 5.74. The fraction of sp³-hybridized carbons (Fsp3) is 0.778. The maximum atomic E-state index is 13.1. The summed E-state index contributed by atoms with van der Waals surface area (Å²) >= 11 is 0. The summed E-state index contributed by atoms with van der Waals surface area (Å²) in [7, 11) is 0. The SMILES string of the molecule is CCCCCN(CCC12CC3CC(CC(C3)C1)C2)C(=O)NC[C@H](C)Cc1ccncc1. The van der Waals surface area contributed by atoms with Gasteiger partial charge in [-0.1, -0.05) is 26.7 Å². The summed E-state index contributed by atoms with van der Waals surface area (Å²) in [5.74, 6) is 3.39. The van der Waals surface area contributed by atoms with Crippen molar-refractivity contribution in [1.82, 2.24) is 15.2 Å². The maximum absolute atomic E-state index is 13.1. The molecule has 2 amide bonds. The van der Waals surface area contributed by atoms with Crippen molar-refractivity contribution in [1.29, 1.82) is 0 Å². The molecule has 1 aromatic heterocycles. The molecule has 0 aromatic carbocycles. The average Bonchev–Trinajstić information content (AvgIpc) is 2.74. The number of urea groups is 1. The average molecular weight is 426 g/mol. The molecular formula is C27H43N3O. The van der Waals surface area contributed by atoms with E-state index >= 15 is 0 Å². The van der Waals surface area contributed by atoms with Gasteiger partial charge in [-0.15, -0.1) is 0 Å². The van der Waals surface area contributed by atoms with Crippen LogP contribution in [0.3, 0.4) is 0 Å². The first-order valence-electron chi connectivity index (χ1n) is 13.0. The van der Waals surface area contributed by atoms with E-state index in [0.29, 0.717) is 11.3 Å². The van der Waals surface area contributed by atoms with Gasteiger partial charge in [-0.3, -0.25) is 4.98 Å². The Kier molecular flexibility index (Phi) is 7.55. The highest BCUT2D eigenvalue weighted by Crippen LogP contribution is 2.61. The number of pyridine rings is 1. The number of hydrogen-bond acceptors (Lipinski definition) is 2. The Bertz CT molecular complexity index is 668. The maximum Gasteiger partial charge on any atom is 0.317 e. The van der Waals surface area contributed by atoms with Crippen LogP contribution in [0.2, 0.25) is 0 Å². The molecule has 4 fully saturated rings. The first-order chi connectivity index (χ1) is 15.0. The Labute approximate surface area is 189 Å². The van der Waals surface area contributed by atoms with Crippen molar-refractivity contribution >= 4 is 6.03 Å². The Morgan fingerprint density at radius 2 is 1.74 bits per heavy atom. The molecule has 4 heteroatoms. The molecule has 1 aromatic rings. The third kappa shape index (κ3) is 6.02. The molecule has 1 heterocycles. The molecule has 0 unspecified atom stereocenters. The van der Waals surface area contributed by atoms with Crippen molar-refractivity contribution in [2.24, 2.45) is 29.1 Å². The largest absolute Gasteiger partial charge is 0.338 e. The minimum atomic E-state index is 0.155. The lowest BCUT2D eigenvalue weighted by atomic mass is 9.49. The number of amides is 2. The van der Waals surface area contributed by atoms with Gasteiger partial charge in [-0.25, -0.2) is 4.79 Å². The molecule has 0 spiro atoms. The van der Waals surface area contributed by atoms with Crippen LogP contribution in [0, 0.1) is 29.1 Å². The van der Waals surface area contributed by atoms with Gasteiger partial charge in [0.05, 0.1) is 0 Å². The van der Waals surface area contributed by atoms with Gasteiger partial charge in [0.2, 0.25) is 0 Å². The molecule has 5 rings (SSSR count). The summed E-state index contributed by atoms with van der Waals surface area (Å²) < 4.78 is 0. The molecule has 172 valence electrons. The van der Waals surface area contributed by atoms with Crippen molar-refractivity contribution < 1.29 is 4.79 Å². The molecule has 4 bridgehead atoms. The van der Waals surface area contributed by atoms with E-state index in [1.54, 1.807) is 0 Å². The summed E-state index contributed by atoms with van der Waals surface area (Å²) in [6.07, 6.45) is 18.2. The normalized spacial score (nSPS) is 29.7. The predicted octanol–water partition coefficient (Wildman–Crippen LogP) is 6.07. The van der Waals surface area contributed by atoms with Gasteiger partial charge in [0.15, 0.2) is 0 Å². The Hall–Kier alpha value is -1.58. The van der Waals surface area contributed by atoms with Crippen LogP contribution >= 0.6 is 0 Å². The van der Waals surface area contributed by atoms with Crippen molar-refractivity contribution in [2.75, 3.05) is 19.6 Å². The molecule has 1 N–H and O–H groups in total. The number of nitrogens with one attached hydrogen (secondary N) is 1. The lowest BCUT2D eigenvalue weighted by molar-refractivity contribution is -0.0596. The quantitative estimate of drug-likeness (QED) is 0.437. The predicted molar refractivity (Wildman–Crippen MR) is 127 cm³/mol. The molecule has 4 nitrogen and oxygen atoms in total. The molecular weight excluding hydrogens is 382 g/mol. The van der Waals surface area contributed by atoms with Gasteiger partial charge < -0.3 is 10.2 Å². The lowest BCUT2D eigenvalue weighted by Gasteiger charge is -2.57. The van der Waals surface area contributed by atoms with Gasteiger partial charge in [0.1, 0.15) is 0 Å². The fourth-order valence-corrected chi connectivity index (χ4v) is 7.20. The van der Waals surface area contributed by atoms with Gasteiger partial charge in [-0.05, 0) is 105 Å². The highest BCUT2D eigenvalue weighted by atomic mass is 16.2. The summed E-state index contributed by atoms with van der Waals surface area (Å²) in [5, 5.41) is 3.26. The van der Waals surface area contributed by atoms with Crippen LogP contribution in [-0.4, -0.2) is 35.5 Å². The van der Waals surface area contributed by atoms with E-state index in [4.69, 9.17) is 0 Å². The molecule has 0 saturated heterocycles. The number of hydrogen-bond donors (Lipinski definition) is 1. The van der Waals surface area contributed by atoms with Crippen LogP contribution in [0.4, 0.5) is 4.79 Å². The summed E-state index contributed by atoms with van der Waals surface area (Å²) in [4.78, 5) is 19.4. The van der Waals surface area contributed by atoms with Crippen molar-refractivity contribution in [3.8, 4) is 0 Å². The lowest BCUT2D eigenvalue weighted by Crippen LogP contribution is -2.49. The minimum Gasteiger partial charge on any atom is -0.338 e. The van der Waals surface area contributed by atoms with Crippen LogP contribution in [0.1, 0.15) is 83.6 Å². The third-order valence-electron chi connectivity index (χ3n) is 8.33. The molecule has 4 aliphatic carbocycles. The number of unbranched alkanes of at least 4 members (excludes halogenated alkanes) is 2. The Balaban J connectivity index is 1.28. The monoisotopic (exact) mass is 425 g/mol. The van der Waals surface area contributed by atoms with Gasteiger partial charge in [0.25, 0.3) is 0 Å². The van der Waals surface area contributed by atoms with Crippen LogP contribution in [-0.2, 0) is 6.42 Å². The zero-order valence-corrected chi connectivity index (χ0v) is 19.8. The first-order valence-corrected chi connectivity index (χ1v) is 13.0. The second-order valence-electron chi connectivity index (χ2n) is 11.2. The topological polar surface area (TPSA) is 45.2 Å². The zero-order chi connectivity index (χ0) is 21.7. The number of carbonyl (C=O) groups excluding carboxylic acids is 1. The molecule has 4 saturated carbocycles. The summed E-state index contributed by atoms with van der Waals surface area (Å²) in [5.41, 5.74) is 1.84. The van der Waals surface area contributed by atoms with E-state index in [9.17, 15) is 4.79 Å².